The van der Waals surface area contributed by atoms with Gasteiger partial charge in [0.15, 0.2) is 5.78 Å². The molecule has 0 saturated carbocycles. The number of amides is 1. The Balaban J connectivity index is 1.84. The van der Waals surface area contributed by atoms with Gasteiger partial charge in [-0.25, -0.2) is 0 Å². The number of hydrogen-bond acceptors (Lipinski definition) is 4. The summed E-state index contributed by atoms with van der Waals surface area (Å²) in [7, 11) is 1.55. The highest BCUT2D eigenvalue weighted by Gasteiger charge is 2.39. The third-order valence-electron chi connectivity index (χ3n) is 5.67. The smallest absolute Gasteiger partial charge is 0.254 e. The number of ketones is 1. The average molecular weight is 457 g/mol. The number of Topliss-reactive ketones (excluding diaryl/α,β-unsaturated/α-hetero) is 1. The Morgan fingerprint density at radius 2 is 1.90 bits per heavy atom. The summed E-state index contributed by atoms with van der Waals surface area (Å²) < 4.78 is 5.36. The molecule has 160 valence electrons. The molecule has 1 heterocycles. The Hall–Kier alpha value is -2.76. The van der Waals surface area contributed by atoms with Gasteiger partial charge in [0.25, 0.3) is 5.91 Å². The van der Waals surface area contributed by atoms with Crippen molar-refractivity contribution in [3.05, 3.63) is 80.6 Å². The maximum Gasteiger partial charge on any atom is 0.254 e. The number of halogens is 2. The summed E-state index contributed by atoms with van der Waals surface area (Å²) in [5.41, 5.74) is 3.74. The van der Waals surface area contributed by atoms with Crippen molar-refractivity contribution in [1.29, 1.82) is 0 Å². The van der Waals surface area contributed by atoms with Crippen molar-refractivity contribution in [2.24, 2.45) is 0 Å². The highest BCUT2D eigenvalue weighted by atomic mass is 35.5. The second-order valence-corrected chi connectivity index (χ2v) is 8.35. The molecule has 31 heavy (non-hydrogen) atoms. The van der Waals surface area contributed by atoms with Crippen LogP contribution >= 0.6 is 23.2 Å². The quantitative estimate of drug-likeness (QED) is 0.627. The van der Waals surface area contributed by atoms with E-state index in [2.05, 4.69) is 10.6 Å². The zero-order chi connectivity index (χ0) is 22.1. The standard InChI is InChI=1S/C24H22Cl2N2O3/c1-13-20(24(30)28-16-9-3-4-12-19(16)31-2)21(14-7-5-8-15(25)23(14)26)22-17(27-13)10-6-11-18(22)29/h3-5,7-9,12,21,27H,6,10-11H2,1-2H3,(H,28,30)/t21-/m0/s1. The Labute approximate surface area is 191 Å². The Morgan fingerprint density at radius 1 is 1.13 bits per heavy atom. The number of carbonyl (C=O) groups excluding carboxylic acids is 2. The van der Waals surface area contributed by atoms with E-state index in [9.17, 15) is 9.59 Å². The molecule has 1 aliphatic heterocycles. The van der Waals surface area contributed by atoms with Gasteiger partial charge in [-0.05, 0) is 43.5 Å². The van der Waals surface area contributed by atoms with E-state index in [0.29, 0.717) is 50.3 Å². The zero-order valence-electron chi connectivity index (χ0n) is 17.2. The summed E-state index contributed by atoms with van der Waals surface area (Å²) in [6.07, 6.45) is 1.96. The fraction of sp³-hybridized carbons (Fsp3) is 0.250. The van der Waals surface area contributed by atoms with Crippen LogP contribution < -0.4 is 15.4 Å². The van der Waals surface area contributed by atoms with E-state index >= 15 is 0 Å². The molecule has 2 aromatic carbocycles. The number of anilines is 1. The van der Waals surface area contributed by atoms with Crippen LogP contribution in [-0.4, -0.2) is 18.8 Å². The minimum absolute atomic E-state index is 0.0184. The van der Waals surface area contributed by atoms with Crippen molar-refractivity contribution < 1.29 is 14.3 Å². The fourth-order valence-electron chi connectivity index (χ4n) is 4.28. The summed E-state index contributed by atoms with van der Waals surface area (Å²) >= 11 is 12.9. The number of rotatable bonds is 4. The van der Waals surface area contributed by atoms with Crippen LogP contribution in [0, 0.1) is 0 Å². The molecule has 0 aromatic heterocycles. The second-order valence-electron chi connectivity index (χ2n) is 7.56. The Kier molecular flexibility index (Phi) is 6.08. The molecule has 0 bridgehead atoms. The lowest BCUT2D eigenvalue weighted by atomic mass is 9.75. The predicted octanol–water partition coefficient (Wildman–Crippen LogP) is 5.61. The second kappa shape index (κ2) is 8.77. The van der Waals surface area contributed by atoms with E-state index in [1.54, 1.807) is 31.4 Å². The Bertz CT molecular complexity index is 1140. The molecule has 1 atom stereocenters. The summed E-state index contributed by atoms with van der Waals surface area (Å²) in [6, 6.07) is 12.5. The minimum Gasteiger partial charge on any atom is -0.495 e. The zero-order valence-corrected chi connectivity index (χ0v) is 18.7. The molecule has 2 N–H and O–H groups in total. The summed E-state index contributed by atoms with van der Waals surface area (Å²) in [5, 5.41) is 6.96. The van der Waals surface area contributed by atoms with Crippen molar-refractivity contribution in [2.75, 3.05) is 12.4 Å². The van der Waals surface area contributed by atoms with Crippen molar-refractivity contribution in [3.8, 4) is 5.75 Å². The van der Waals surface area contributed by atoms with Crippen molar-refractivity contribution >= 4 is 40.6 Å². The lowest BCUT2D eigenvalue weighted by Gasteiger charge is -2.35. The van der Waals surface area contributed by atoms with E-state index in [1.807, 2.05) is 25.1 Å². The highest BCUT2D eigenvalue weighted by molar-refractivity contribution is 6.42. The van der Waals surface area contributed by atoms with Crippen LogP contribution in [0.3, 0.4) is 0 Å². The predicted molar refractivity (Wildman–Crippen MR) is 123 cm³/mol. The van der Waals surface area contributed by atoms with Crippen molar-refractivity contribution in [1.82, 2.24) is 5.32 Å². The van der Waals surface area contributed by atoms with Gasteiger partial charge in [-0.15, -0.1) is 0 Å². The molecule has 5 nitrogen and oxygen atoms in total. The van der Waals surface area contributed by atoms with Crippen molar-refractivity contribution in [3.63, 3.8) is 0 Å². The molecule has 1 amide bonds. The third kappa shape index (κ3) is 3.95. The molecule has 7 heteroatoms. The molecule has 0 saturated heterocycles. The van der Waals surface area contributed by atoms with Gasteiger partial charge < -0.3 is 15.4 Å². The van der Waals surface area contributed by atoms with Gasteiger partial charge >= 0.3 is 0 Å². The molecule has 0 fully saturated rings. The molecule has 2 aliphatic rings. The summed E-state index contributed by atoms with van der Waals surface area (Å²) in [6.45, 7) is 1.84. The van der Waals surface area contributed by atoms with Crippen molar-refractivity contribution in [2.45, 2.75) is 32.1 Å². The van der Waals surface area contributed by atoms with Gasteiger partial charge in [-0.3, -0.25) is 9.59 Å². The van der Waals surface area contributed by atoms with E-state index in [1.165, 1.54) is 0 Å². The third-order valence-corrected chi connectivity index (χ3v) is 6.50. The van der Waals surface area contributed by atoms with Crippen LogP contribution in [-0.2, 0) is 9.59 Å². The van der Waals surface area contributed by atoms with Crippen LogP contribution in [0.5, 0.6) is 5.75 Å². The number of nitrogens with one attached hydrogen (secondary N) is 2. The minimum atomic E-state index is -0.607. The molecular formula is C24H22Cl2N2O3. The first kappa shape index (κ1) is 21.5. The number of allylic oxidation sites excluding steroid dienone is 3. The molecule has 0 radical (unpaired) electrons. The lowest BCUT2D eigenvalue weighted by Crippen LogP contribution is -2.35. The SMILES string of the molecule is COc1ccccc1NC(=O)C1=C(C)NC2=C(C(=O)CCC2)[C@H]1c1cccc(Cl)c1Cl. The van der Waals surface area contributed by atoms with Crippen LogP contribution in [0.4, 0.5) is 5.69 Å². The van der Waals surface area contributed by atoms with E-state index in [0.717, 1.165) is 18.5 Å². The van der Waals surface area contributed by atoms with Gasteiger partial charge in [0.05, 0.1) is 22.8 Å². The average Bonchev–Trinajstić information content (AvgIpc) is 2.75. The number of dihydropyridines is 1. The largest absolute Gasteiger partial charge is 0.495 e. The van der Waals surface area contributed by atoms with Gasteiger partial charge in [0, 0.05) is 34.9 Å². The number of methoxy groups -OCH3 is 1. The topological polar surface area (TPSA) is 67.4 Å². The van der Waals surface area contributed by atoms with Crippen LogP contribution in [0.15, 0.2) is 65.0 Å². The maximum atomic E-state index is 13.5. The van der Waals surface area contributed by atoms with Gasteiger partial charge in [-0.1, -0.05) is 47.5 Å². The number of para-hydroxylation sites is 2. The first-order chi connectivity index (χ1) is 14.9. The monoisotopic (exact) mass is 456 g/mol. The summed E-state index contributed by atoms with van der Waals surface area (Å²) in [4.78, 5) is 26.5. The summed E-state index contributed by atoms with van der Waals surface area (Å²) in [5.74, 6) is -0.376. The van der Waals surface area contributed by atoms with Crippen LogP contribution in [0.2, 0.25) is 10.0 Å². The van der Waals surface area contributed by atoms with Gasteiger partial charge in [0.2, 0.25) is 0 Å². The van der Waals surface area contributed by atoms with E-state index in [-0.39, 0.29) is 11.7 Å². The molecule has 0 unspecified atom stereocenters. The number of hydrogen-bond donors (Lipinski definition) is 2. The Morgan fingerprint density at radius 3 is 2.68 bits per heavy atom. The van der Waals surface area contributed by atoms with Crippen LogP contribution in [0.1, 0.15) is 37.7 Å². The fourth-order valence-corrected chi connectivity index (χ4v) is 4.69. The highest BCUT2D eigenvalue weighted by Crippen LogP contribution is 2.45. The molecular weight excluding hydrogens is 435 g/mol. The molecule has 2 aromatic rings. The van der Waals surface area contributed by atoms with Crippen LogP contribution in [0.25, 0.3) is 0 Å². The van der Waals surface area contributed by atoms with E-state index < -0.39 is 5.92 Å². The molecule has 1 aliphatic carbocycles. The van der Waals surface area contributed by atoms with Gasteiger partial charge in [0.1, 0.15) is 5.75 Å². The lowest BCUT2D eigenvalue weighted by molar-refractivity contribution is -0.116. The van der Waals surface area contributed by atoms with Gasteiger partial charge in [-0.2, -0.15) is 0 Å². The normalized spacial score (nSPS) is 18.5. The first-order valence-corrected chi connectivity index (χ1v) is 10.8. The maximum absolute atomic E-state index is 13.5. The number of ether oxygens (including phenoxy) is 1. The number of carbonyl (C=O) groups is 2. The number of benzene rings is 2. The first-order valence-electron chi connectivity index (χ1n) is 10.0. The van der Waals surface area contributed by atoms with E-state index in [4.69, 9.17) is 27.9 Å². The molecule has 0 spiro atoms. The molecule has 4 rings (SSSR count).